The van der Waals surface area contributed by atoms with Crippen LogP contribution in [0.5, 0.6) is 0 Å². The van der Waals surface area contributed by atoms with E-state index in [1.165, 1.54) is 6.07 Å². The Bertz CT molecular complexity index is 870. The molecule has 0 bridgehead atoms. The summed E-state index contributed by atoms with van der Waals surface area (Å²) in [6.07, 6.45) is 0.921. The maximum absolute atomic E-state index is 14.3. The van der Waals surface area contributed by atoms with Gasteiger partial charge in [-0.1, -0.05) is 18.2 Å². The molecule has 2 aliphatic rings. The van der Waals surface area contributed by atoms with Gasteiger partial charge in [0.25, 0.3) is 5.91 Å². The lowest BCUT2D eigenvalue weighted by molar-refractivity contribution is 0.102. The summed E-state index contributed by atoms with van der Waals surface area (Å²) >= 11 is 0. The van der Waals surface area contributed by atoms with E-state index in [4.69, 9.17) is 0 Å². The number of halogens is 1. The van der Waals surface area contributed by atoms with Crippen LogP contribution in [0.25, 0.3) is 0 Å². The van der Waals surface area contributed by atoms with Gasteiger partial charge in [0, 0.05) is 43.3 Å². The van der Waals surface area contributed by atoms with Gasteiger partial charge in [0.15, 0.2) is 0 Å². The molecular weight excluding hydrogens is 341 g/mol. The van der Waals surface area contributed by atoms with Crippen molar-refractivity contribution in [3.05, 3.63) is 71.6 Å². The van der Waals surface area contributed by atoms with Crippen molar-refractivity contribution in [3.8, 4) is 0 Å². The average Bonchev–Trinajstić information content (AvgIpc) is 3.41. The summed E-state index contributed by atoms with van der Waals surface area (Å²) in [4.78, 5) is 17.1. The maximum Gasteiger partial charge on any atom is 0.255 e. The number of likely N-dealkylation sites (N-methyl/N-ethyl adjacent to an activating group) is 1. The second kappa shape index (κ2) is 7.16. The number of nitrogens with zero attached hydrogens (tertiary/aromatic N) is 2. The number of amides is 1. The molecule has 1 aliphatic heterocycles. The first-order valence-electron chi connectivity index (χ1n) is 9.33. The topological polar surface area (TPSA) is 35.6 Å². The highest BCUT2D eigenvalue weighted by molar-refractivity contribution is 6.04. The third-order valence-electron chi connectivity index (χ3n) is 5.44. The van der Waals surface area contributed by atoms with Gasteiger partial charge in [0.05, 0.1) is 5.69 Å². The molecule has 0 radical (unpaired) electrons. The molecule has 0 unspecified atom stereocenters. The third kappa shape index (κ3) is 3.88. The van der Waals surface area contributed by atoms with Crippen molar-refractivity contribution in [2.45, 2.75) is 12.3 Å². The van der Waals surface area contributed by atoms with Crippen LogP contribution in [0.4, 0.5) is 15.8 Å². The molecule has 5 heteroatoms. The first-order chi connectivity index (χ1) is 13.0. The van der Waals surface area contributed by atoms with Crippen LogP contribution >= 0.6 is 0 Å². The van der Waals surface area contributed by atoms with Crippen LogP contribution in [0.15, 0.2) is 54.6 Å². The first kappa shape index (κ1) is 17.7. The van der Waals surface area contributed by atoms with Gasteiger partial charge >= 0.3 is 0 Å². The van der Waals surface area contributed by atoms with Crippen LogP contribution in [-0.2, 0) is 0 Å². The Balaban J connectivity index is 1.41. The number of hydrogen-bond donors (Lipinski definition) is 1. The summed E-state index contributed by atoms with van der Waals surface area (Å²) in [6.45, 7) is 7.94. The molecule has 2 aromatic carbocycles. The summed E-state index contributed by atoms with van der Waals surface area (Å²) in [5, 5.41) is 2.67. The van der Waals surface area contributed by atoms with Crippen molar-refractivity contribution in [3.63, 3.8) is 0 Å². The Morgan fingerprint density at radius 1 is 1.11 bits per heavy atom. The third-order valence-corrected chi connectivity index (χ3v) is 5.44. The number of anilines is 2. The number of piperazine rings is 1. The molecule has 1 heterocycles. The lowest BCUT2D eigenvalue weighted by Gasteiger charge is -2.34. The van der Waals surface area contributed by atoms with Crippen LogP contribution < -0.4 is 10.2 Å². The number of carbonyl (C=O) groups is 1. The fraction of sp³-hybridized carbons (Fsp3) is 0.318. The number of hydrogen-bond acceptors (Lipinski definition) is 3. The van der Waals surface area contributed by atoms with E-state index in [1.54, 1.807) is 18.2 Å². The molecule has 1 saturated heterocycles. The number of rotatable bonds is 4. The van der Waals surface area contributed by atoms with Gasteiger partial charge in [-0.2, -0.15) is 0 Å². The SMILES string of the molecule is C=C1C[C@H]1c1ccc(NC(=O)c2ccc(N3CCN(C)CC3)cc2)c(F)c1. The predicted octanol–water partition coefficient (Wildman–Crippen LogP) is 3.87. The Kier molecular flexibility index (Phi) is 4.70. The molecule has 1 amide bonds. The van der Waals surface area contributed by atoms with Crippen LogP contribution in [0, 0.1) is 5.82 Å². The normalized spacial score (nSPS) is 19.9. The molecule has 2 aromatic rings. The Morgan fingerprint density at radius 3 is 2.37 bits per heavy atom. The van der Waals surface area contributed by atoms with Gasteiger partial charge in [-0.25, -0.2) is 4.39 Å². The van der Waals surface area contributed by atoms with Gasteiger partial charge in [-0.3, -0.25) is 4.79 Å². The van der Waals surface area contributed by atoms with Crippen LogP contribution in [-0.4, -0.2) is 44.0 Å². The first-order valence-corrected chi connectivity index (χ1v) is 9.33. The molecular formula is C22H24FN3O. The quantitative estimate of drug-likeness (QED) is 0.836. The number of allylic oxidation sites excluding steroid dienone is 1. The van der Waals surface area contributed by atoms with Gasteiger partial charge in [0.2, 0.25) is 0 Å². The van der Waals surface area contributed by atoms with Crippen molar-refractivity contribution in [2.75, 3.05) is 43.4 Å². The Labute approximate surface area is 159 Å². The van der Waals surface area contributed by atoms with E-state index in [2.05, 4.69) is 28.7 Å². The zero-order valence-electron chi connectivity index (χ0n) is 15.5. The lowest BCUT2D eigenvalue weighted by atomic mass is 10.1. The van der Waals surface area contributed by atoms with E-state index in [0.29, 0.717) is 5.56 Å². The maximum atomic E-state index is 14.3. The molecule has 0 aromatic heterocycles. The summed E-state index contributed by atoms with van der Waals surface area (Å²) in [5.74, 6) is -0.441. The van der Waals surface area contributed by atoms with Gasteiger partial charge in [-0.15, -0.1) is 0 Å². The minimum absolute atomic E-state index is 0.207. The van der Waals surface area contributed by atoms with Crippen molar-refractivity contribution < 1.29 is 9.18 Å². The highest BCUT2D eigenvalue weighted by Gasteiger charge is 2.29. The minimum Gasteiger partial charge on any atom is -0.369 e. The Hall–Kier alpha value is -2.66. The van der Waals surface area contributed by atoms with Crippen molar-refractivity contribution in [2.24, 2.45) is 0 Å². The lowest BCUT2D eigenvalue weighted by Crippen LogP contribution is -2.44. The van der Waals surface area contributed by atoms with Crippen molar-refractivity contribution in [1.29, 1.82) is 0 Å². The highest BCUT2D eigenvalue weighted by atomic mass is 19.1. The van der Waals surface area contributed by atoms with E-state index in [-0.39, 0.29) is 17.5 Å². The van der Waals surface area contributed by atoms with Crippen molar-refractivity contribution in [1.82, 2.24) is 4.90 Å². The molecule has 27 heavy (non-hydrogen) atoms. The van der Waals surface area contributed by atoms with Gasteiger partial charge in [-0.05, 0) is 55.4 Å². The molecule has 1 saturated carbocycles. The molecule has 4 rings (SSSR count). The highest BCUT2D eigenvalue weighted by Crippen LogP contribution is 2.45. The summed E-state index contributed by atoms with van der Waals surface area (Å²) in [6, 6.07) is 12.5. The van der Waals surface area contributed by atoms with Gasteiger partial charge in [0.1, 0.15) is 5.82 Å². The molecule has 2 fully saturated rings. The second-order valence-corrected chi connectivity index (χ2v) is 7.45. The van der Waals surface area contributed by atoms with Gasteiger partial charge < -0.3 is 15.1 Å². The van der Waals surface area contributed by atoms with Crippen LogP contribution in [0.2, 0.25) is 0 Å². The number of benzene rings is 2. The standard InChI is InChI=1S/C22H24FN3O/c1-15-13-19(15)17-5-8-21(20(23)14-17)24-22(27)16-3-6-18(7-4-16)26-11-9-25(2)10-12-26/h3-8,14,19H,1,9-13H2,2H3,(H,24,27)/t19-/m1/s1. The number of carbonyl (C=O) groups excluding carboxylic acids is 1. The van der Waals surface area contributed by atoms with E-state index in [0.717, 1.165) is 49.4 Å². The molecule has 1 aliphatic carbocycles. The summed E-state index contributed by atoms with van der Waals surface area (Å²) < 4.78 is 14.3. The van der Waals surface area contributed by atoms with E-state index < -0.39 is 5.82 Å². The van der Waals surface area contributed by atoms with E-state index in [9.17, 15) is 9.18 Å². The fourth-order valence-electron chi connectivity index (χ4n) is 3.49. The minimum atomic E-state index is -0.408. The van der Waals surface area contributed by atoms with Crippen LogP contribution in [0.3, 0.4) is 0 Å². The van der Waals surface area contributed by atoms with E-state index in [1.807, 2.05) is 18.2 Å². The molecule has 1 atom stereocenters. The average molecular weight is 365 g/mol. The largest absolute Gasteiger partial charge is 0.369 e. The van der Waals surface area contributed by atoms with Crippen LogP contribution in [0.1, 0.15) is 28.3 Å². The summed E-state index contributed by atoms with van der Waals surface area (Å²) in [5.41, 5.74) is 3.89. The molecule has 0 spiro atoms. The number of nitrogens with one attached hydrogen (secondary N) is 1. The smallest absolute Gasteiger partial charge is 0.255 e. The monoisotopic (exact) mass is 365 g/mol. The van der Waals surface area contributed by atoms with E-state index >= 15 is 0 Å². The second-order valence-electron chi connectivity index (χ2n) is 7.45. The molecule has 140 valence electrons. The molecule has 1 N–H and O–H groups in total. The predicted molar refractivity (Wildman–Crippen MR) is 107 cm³/mol. The summed E-state index contributed by atoms with van der Waals surface area (Å²) in [7, 11) is 2.12. The zero-order chi connectivity index (χ0) is 19.0. The zero-order valence-corrected chi connectivity index (χ0v) is 15.5. The fourth-order valence-corrected chi connectivity index (χ4v) is 3.49. The van der Waals surface area contributed by atoms with Crippen molar-refractivity contribution >= 4 is 17.3 Å². The Morgan fingerprint density at radius 2 is 1.78 bits per heavy atom. The molecule has 4 nitrogen and oxygen atoms in total.